The van der Waals surface area contributed by atoms with Gasteiger partial charge in [-0.15, -0.1) is 0 Å². The molecule has 1 heterocycles. The Bertz CT molecular complexity index is 4170. The van der Waals surface area contributed by atoms with E-state index in [0.29, 0.717) is 24.7 Å². The Morgan fingerprint density at radius 2 is 0.759 bits per heavy atom. The highest BCUT2D eigenvalue weighted by molar-refractivity contribution is 5.93. The van der Waals surface area contributed by atoms with Gasteiger partial charge in [-0.1, -0.05) is 269 Å². The molecule has 0 amide bonds. The number of hydrogen-bond acceptors (Lipinski definition) is 17. The Morgan fingerprint density at radius 1 is 0.380 bits per heavy atom. The zero-order valence-corrected chi connectivity index (χ0v) is 61.7. The molecule has 1 fully saturated rings. The van der Waals surface area contributed by atoms with Crippen LogP contribution in [0.1, 0.15) is 112 Å². The summed E-state index contributed by atoms with van der Waals surface area (Å²) in [4.78, 5) is 30.1. The zero-order valence-electron chi connectivity index (χ0n) is 61.7. The maximum absolute atomic E-state index is 15.1. The van der Waals surface area contributed by atoms with E-state index in [-0.39, 0.29) is 88.7 Å². The van der Waals surface area contributed by atoms with Gasteiger partial charge in [-0.05, 0) is 88.5 Å². The summed E-state index contributed by atoms with van der Waals surface area (Å²) in [5.74, 6) is 0.205. The summed E-state index contributed by atoms with van der Waals surface area (Å²) in [6.45, 7) is 7.11. The predicted octanol–water partition coefficient (Wildman–Crippen LogP) is 17.8. The molecule has 17 nitrogen and oxygen atoms in total. The third-order valence-electron chi connectivity index (χ3n) is 18.0. The molecule has 0 bridgehead atoms. The van der Waals surface area contributed by atoms with Crippen LogP contribution in [0.5, 0.6) is 23.0 Å². The van der Waals surface area contributed by atoms with E-state index in [1.807, 2.05) is 250 Å². The molecule has 0 aromatic heterocycles. The quantitative estimate of drug-likeness (QED) is 0.0200. The van der Waals surface area contributed by atoms with Crippen LogP contribution in [-0.2, 0) is 105 Å². The van der Waals surface area contributed by atoms with Gasteiger partial charge in [0.25, 0.3) is 0 Å². The van der Waals surface area contributed by atoms with Gasteiger partial charge in [0.2, 0.25) is 0 Å². The van der Waals surface area contributed by atoms with Gasteiger partial charge in [-0.3, -0.25) is 0 Å². The van der Waals surface area contributed by atoms with Gasteiger partial charge >= 0.3 is 11.9 Å². The molecule has 1 saturated heterocycles. The molecule has 0 aliphatic carbocycles. The van der Waals surface area contributed by atoms with Crippen molar-refractivity contribution >= 4 is 11.9 Å². The molecule has 0 spiro atoms. The Hall–Kier alpha value is -10.0. The fourth-order valence-electron chi connectivity index (χ4n) is 11.9. The summed E-state index contributed by atoms with van der Waals surface area (Å²) in [7, 11) is 0. The molecule has 564 valence electrons. The van der Waals surface area contributed by atoms with E-state index in [4.69, 9.17) is 71.1 Å². The van der Waals surface area contributed by atoms with Crippen LogP contribution in [0, 0.1) is 0 Å². The van der Waals surface area contributed by atoms with E-state index in [2.05, 4.69) is 13.8 Å². The van der Waals surface area contributed by atoms with E-state index in [1.165, 1.54) is 0 Å². The predicted molar refractivity (Wildman–Crippen MR) is 411 cm³/mol. The zero-order chi connectivity index (χ0) is 74.6. The highest BCUT2D eigenvalue weighted by Gasteiger charge is 2.51. The molecule has 17 heteroatoms. The van der Waals surface area contributed by atoms with E-state index in [0.717, 1.165) is 70.2 Å². The minimum absolute atomic E-state index is 0.0559. The Morgan fingerprint density at radius 3 is 1.19 bits per heavy atom. The summed E-state index contributed by atoms with van der Waals surface area (Å²) < 4.78 is 103. The SMILES string of the molecule is CCCCOc1ccc(C(=O)OCC2OC(OC(OC(COC(=O)c3ccc(OCCCC)cc3OCc3ccccc3)[C@H](C)OCc3ccccc3)[C@H](COCc3ccccc3)OCc3ccccc3)C(OCc3ccccc3)C(OCc3ccccc3)C2OCc2ccccc2)c(OCc2ccccc2)c1. The number of unbranched alkanes of at least 4 members (excludes halogenated alkanes) is 2. The molecular formula is C91H98O17. The Kier molecular flexibility index (Phi) is 32.0. The topological polar surface area (TPSA) is 173 Å². The summed E-state index contributed by atoms with van der Waals surface area (Å²) in [6, 6.07) is 88.1. The minimum atomic E-state index is -1.49. The number of ether oxygens (including phenoxy) is 15. The monoisotopic (exact) mass is 1460 g/mol. The molecule has 108 heavy (non-hydrogen) atoms. The van der Waals surface area contributed by atoms with Crippen molar-refractivity contribution < 1.29 is 80.6 Å². The van der Waals surface area contributed by atoms with Crippen molar-refractivity contribution in [3.8, 4) is 23.0 Å². The second-order valence-electron chi connectivity index (χ2n) is 26.3. The highest BCUT2D eigenvalue weighted by Crippen LogP contribution is 2.36. The molecule has 10 aromatic carbocycles. The Labute approximate surface area is 634 Å². The number of esters is 2. The summed E-state index contributed by atoms with van der Waals surface area (Å²) in [5.41, 5.74) is 7.32. The lowest BCUT2D eigenvalue weighted by molar-refractivity contribution is -0.373. The number of carbonyl (C=O) groups is 2. The molecule has 0 N–H and O–H groups in total. The van der Waals surface area contributed by atoms with Gasteiger partial charge in [0.05, 0.1) is 65.6 Å². The molecule has 7 unspecified atom stereocenters. The van der Waals surface area contributed by atoms with Gasteiger partial charge in [0.1, 0.15) is 97.2 Å². The fourth-order valence-corrected chi connectivity index (χ4v) is 11.9. The second-order valence-corrected chi connectivity index (χ2v) is 26.3. The van der Waals surface area contributed by atoms with Gasteiger partial charge in [-0.2, -0.15) is 0 Å². The lowest BCUT2D eigenvalue weighted by atomic mass is 9.97. The average Bonchev–Trinajstić information content (AvgIpc) is 0.774. The molecule has 11 rings (SSSR count). The molecule has 0 saturated carbocycles. The average molecular weight is 1460 g/mol. The molecule has 10 aromatic rings. The van der Waals surface area contributed by atoms with Gasteiger partial charge in [0.15, 0.2) is 12.6 Å². The minimum Gasteiger partial charge on any atom is -0.493 e. The first-order valence-electron chi connectivity index (χ1n) is 37.3. The van der Waals surface area contributed by atoms with Crippen molar-refractivity contribution in [1.29, 1.82) is 0 Å². The van der Waals surface area contributed by atoms with Crippen LogP contribution in [0.25, 0.3) is 0 Å². The Balaban J connectivity index is 1.00. The van der Waals surface area contributed by atoms with Crippen LogP contribution < -0.4 is 18.9 Å². The van der Waals surface area contributed by atoms with Crippen molar-refractivity contribution in [3.63, 3.8) is 0 Å². The van der Waals surface area contributed by atoms with Crippen LogP contribution in [0.4, 0.5) is 0 Å². The van der Waals surface area contributed by atoms with E-state index in [9.17, 15) is 0 Å². The maximum atomic E-state index is 15.1. The first-order valence-corrected chi connectivity index (χ1v) is 37.3. The lowest BCUT2D eigenvalue weighted by Crippen LogP contribution is -2.63. The molecule has 9 atom stereocenters. The van der Waals surface area contributed by atoms with Crippen LogP contribution in [0.2, 0.25) is 0 Å². The fraction of sp³-hybridized carbons (Fsp3) is 0.319. The number of benzene rings is 10. The summed E-state index contributed by atoms with van der Waals surface area (Å²) in [6.07, 6.45) is -6.83. The van der Waals surface area contributed by atoms with Gasteiger partial charge in [0, 0.05) is 12.1 Å². The first kappa shape index (κ1) is 79.0. The maximum Gasteiger partial charge on any atom is 0.342 e. The molecular weight excluding hydrogens is 1360 g/mol. The van der Waals surface area contributed by atoms with Crippen molar-refractivity contribution in [3.05, 3.63) is 335 Å². The van der Waals surface area contributed by atoms with Crippen molar-refractivity contribution in [2.75, 3.05) is 33.0 Å². The lowest BCUT2D eigenvalue weighted by Gasteiger charge is -2.47. The normalized spacial score (nSPS) is 16.6. The van der Waals surface area contributed by atoms with Crippen LogP contribution in [0.3, 0.4) is 0 Å². The summed E-state index contributed by atoms with van der Waals surface area (Å²) in [5, 5.41) is 0. The van der Waals surface area contributed by atoms with Crippen molar-refractivity contribution in [1.82, 2.24) is 0 Å². The van der Waals surface area contributed by atoms with E-state index in [1.54, 1.807) is 36.4 Å². The van der Waals surface area contributed by atoms with E-state index < -0.39 is 73.9 Å². The number of carbonyl (C=O) groups excluding carboxylic acids is 2. The number of rotatable bonds is 45. The standard InChI is InChI=1S/C91H98O17/c1-4-6-52-95-76-48-50-78(80(54-76)98-58-70-36-20-10-21-37-70)88(92)104-65-82(67(3)97-57-69-34-18-9-19-35-69)106-90(84(100-60-72-40-24-12-25-41-72)64-94-56-68-32-16-8-17-33-68)108-91-87(103-63-75-46-30-15-31-47-75)86(102-62-74-44-28-14-29-45-74)85(101-61-73-42-26-13-27-43-73)83(107-91)66-105-89(93)79-51-49-77(96-53-7-5-2)55-81(79)99-59-71-38-22-11-23-39-71/h8-51,54-55,67,82-87,90-91H,4-7,52-53,56-66H2,1-3H3/t67-,82?,83?,84-,85?,86?,87?,90?,91?/m0/s1. The van der Waals surface area contributed by atoms with Crippen LogP contribution >= 0.6 is 0 Å². The van der Waals surface area contributed by atoms with Crippen LogP contribution in [-0.4, -0.2) is 100 Å². The highest BCUT2D eigenvalue weighted by atomic mass is 16.8. The van der Waals surface area contributed by atoms with Crippen LogP contribution in [0.15, 0.2) is 279 Å². The second kappa shape index (κ2) is 43.7. The van der Waals surface area contributed by atoms with Gasteiger partial charge in [-0.25, -0.2) is 9.59 Å². The van der Waals surface area contributed by atoms with Crippen molar-refractivity contribution in [2.24, 2.45) is 0 Å². The largest absolute Gasteiger partial charge is 0.493 e. The molecule has 1 aliphatic heterocycles. The molecule has 0 radical (unpaired) electrons. The van der Waals surface area contributed by atoms with E-state index >= 15 is 9.59 Å². The third kappa shape index (κ3) is 25.3. The smallest absolute Gasteiger partial charge is 0.342 e. The van der Waals surface area contributed by atoms with Crippen molar-refractivity contribution in [2.45, 2.75) is 155 Å². The number of hydrogen-bond donors (Lipinski definition) is 0. The first-order chi connectivity index (χ1) is 53.2. The third-order valence-corrected chi connectivity index (χ3v) is 18.0. The molecule has 1 aliphatic rings. The van der Waals surface area contributed by atoms with Gasteiger partial charge < -0.3 is 71.1 Å². The summed E-state index contributed by atoms with van der Waals surface area (Å²) >= 11 is 0.